The summed E-state index contributed by atoms with van der Waals surface area (Å²) in [4.78, 5) is 15.2. The van der Waals surface area contributed by atoms with Gasteiger partial charge in [0.25, 0.3) is 5.91 Å². The topological polar surface area (TPSA) is 50.2 Å². The molecule has 5 nitrogen and oxygen atoms in total. The molecule has 2 aliphatic rings. The van der Waals surface area contributed by atoms with Gasteiger partial charge in [-0.1, -0.05) is 23.2 Å². The highest BCUT2D eigenvalue weighted by Gasteiger charge is 2.34. The van der Waals surface area contributed by atoms with Gasteiger partial charge in [0.15, 0.2) is 5.69 Å². The first kappa shape index (κ1) is 20.5. The van der Waals surface area contributed by atoms with Gasteiger partial charge in [-0.25, -0.2) is 4.68 Å². The summed E-state index contributed by atoms with van der Waals surface area (Å²) in [6.45, 7) is 1.62. The molecule has 2 aromatic rings. The van der Waals surface area contributed by atoms with Crippen molar-refractivity contribution in [1.29, 1.82) is 0 Å². The van der Waals surface area contributed by atoms with E-state index in [1.165, 1.54) is 0 Å². The summed E-state index contributed by atoms with van der Waals surface area (Å²) in [5.41, 5.74) is 3.55. The van der Waals surface area contributed by atoms with Gasteiger partial charge in [-0.05, 0) is 57.4 Å². The van der Waals surface area contributed by atoms with Crippen LogP contribution in [-0.4, -0.2) is 46.8 Å². The first-order chi connectivity index (χ1) is 12.6. The molecule has 1 atom stereocenters. The van der Waals surface area contributed by atoms with Gasteiger partial charge in [0.1, 0.15) is 0 Å². The molecule has 146 valence electrons. The largest absolute Gasteiger partial charge is 0.333 e. The molecule has 8 heteroatoms. The molecule has 1 N–H and O–H groups in total. The van der Waals surface area contributed by atoms with Crippen molar-refractivity contribution in [3.8, 4) is 5.69 Å². The lowest BCUT2D eigenvalue weighted by Gasteiger charge is -2.24. The molecule has 0 spiro atoms. The Labute approximate surface area is 175 Å². The van der Waals surface area contributed by atoms with E-state index in [4.69, 9.17) is 28.3 Å². The number of carbonyl (C=O) groups excluding carboxylic acids is 1. The van der Waals surface area contributed by atoms with Crippen LogP contribution >= 0.6 is 35.6 Å². The Bertz CT molecular complexity index is 852. The Balaban J connectivity index is 0.00000210. The van der Waals surface area contributed by atoms with Crippen LogP contribution in [0.5, 0.6) is 0 Å². The standard InChI is InChI=1S/C19H22Cl2N4O.ClH/c1-22-11-13-4-3-9-24(13)19(26)18-14-5-2-6-16(14)25(23-18)17-8-7-12(20)10-15(17)21;/h7-8,10,13,22H,2-6,9,11H2,1H3;1H. The van der Waals surface area contributed by atoms with E-state index in [0.29, 0.717) is 15.7 Å². The maximum absolute atomic E-state index is 13.2. The van der Waals surface area contributed by atoms with E-state index < -0.39 is 0 Å². The number of rotatable bonds is 4. The predicted molar refractivity (Wildman–Crippen MR) is 111 cm³/mol. The molecule has 1 aromatic heterocycles. The molecule has 0 saturated carbocycles. The molecule has 4 rings (SSSR count). The van der Waals surface area contributed by atoms with E-state index in [2.05, 4.69) is 5.32 Å². The summed E-state index contributed by atoms with van der Waals surface area (Å²) in [5, 5.41) is 9.03. The second-order valence-corrected chi connectivity index (χ2v) is 7.83. The molecule has 1 aliphatic heterocycles. The smallest absolute Gasteiger partial charge is 0.274 e. The third-order valence-corrected chi connectivity index (χ3v) is 5.89. The number of nitrogens with one attached hydrogen (secondary N) is 1. The first-order valence-electron chi connectivity index (χ1n) is 9.12. The van der Waals surface area contributed by atoms with Gasteiger partial charge < -0.3 is 10.2 Å². The lowest BCUT2D eigenvalue weighted by molar-refractivity contribution is 0.0729. The van der Waals surface area contributed by atoms with E-state index in [9.17, 15) is 4.79 Å². The SMILES string of the molecule is CNCC1CCCN1C(=O)c1nn(-c2ccc(Cl)cc2Cl)c2c1CCC2.Cl. The average Bonchev–Trinajstić information content (AvgIpc) is 3.31. The Kier molecular flexibility index (Phi) is 6.36. The van der Waals surface area contributed by atoms with Crippen LogP contribution in [0.3, 0.4) is 0 Å². The van der Waals surface area contributed by atoms with Gasteiger partial charge in [-0.3, -0.25) is 4.79 Å². The molecule has 1 fully saturated rings. The predicted octanol–water partition coefficient (Wildman–Crippen LogP) is 3.91. The number of likely N-dealkylation sites (tertiary alicyclic amines) is 1. The number of hydrogen-bond donors (Lipinski definition) is 1. The van der Waals surface area contributed by atoms with Crippen LogP contribution in [0.25, 0.3) is 5.69 Å². The second kappa shape index (κ2) is 8.39. The van der Waals surface area contributed by atoms with Gasteiger partial charge in [-0.2, -0.15) is 5.10 Å². The number of halogens is 3. The van der Waals surface area contributed by atoms with Crippen molar-refractivity contribution in [3.05, 3.63) is 45.2 Å². The van der Waals surface area contributed by atoms with E-state index in [1.807, 2.05) is 22.7 Å². The van der Waals surface area contributed by atoms with Crippen molar-refractivity contribution < 1.29 is 4.79 Å². The van der Waals surface area contributed by atoms with Crippen molar-refractivity contribution in [2.45, 2.75) is 38.1 Å². The van der Waals surface area contributed by atoms with Crippen LogP contribution in [0, 0.1) is 0 Å². The van der Waals surface area contributed by atoms with Gasteiger partial charge >= 0.3 is 0 Å². The molecule has 1 aromatic carbocycles. The van der Waals surface area contributed by atoms with E-state index in [1.54, 1.807) is 12.1 Å². The van der Waals surface area contributed by atoms with Crippen LogP contribution in [-0.2, 0) is 12.8 Å². The van der Waals surface area contributed by atoms with E-state index in [-0.39, 0.29) is 24.4 Å². The number of nitrogens with zero attached hydrogens (tertiary/aromatic N) is 3. The second-order valence-electron chi connectivity index (χ2n) is 6.99. The molecular formula is C19H23Cl3N4O. The monoisotopic (exact) mass is 428 g/mol. The van der Waals surface area contributed by atoms with Crippen LogP contribution < -0.4 is 5.32 Å². The average molecular weight is 430 g/mol. The summed E-state index contributed by atoms with van der Waals surface area (Å²) in [6, 6.07) is 5.63. The summed E-state index contributed by atoms with van der Waals surface area (Å²) in [6.07, 6.45) is 4.93. The maximum atomic E-state index is 13.2. The normalized spacial score (nSPS) is 18.5. The quantitative estimate of drug-likeness (QED) is 0.801. The lowest BCUT2D eigenvalue weighted by atomic mass is 10.1. The summed E-state index contributed by atoms with van der Waals surface area (Å²) in [7, 11) is 1.93. The van der Waals surface area contributed by atoms with Gasteiger partial charge in [0, 0.05) is 35.4 Å². The summed E-state index contributed by atoms with van der Waals surface area (Å²) < 4.78 is 1.84. The number of amides is 1. The van der Waals surface area contributed by atoms with E-state index in [0.717, 1.165) is 62.1 Å². The zero-order valence-electron chi connectivity index (χ0n) is 15.2. The number of benzene rings is 1. The number of likely N-dealkylation sites (N-methyl/N-ethyl adjacent to an activating group) is 1. The van der Waals surface area contributed by atoms with Crippen LogP contribution in [0.2, 0.25) is 10.0 Å². The lowest BCUT2D eigenvalue weighted by Crippen LogP contribution is -2.41. The Morgan fingerprint density at radius 1 is 1.30 bits per heavy atom. The molecule has 0 bridgehead atoms. The molecular weight excluding hydrogens is 407 g/mol. The van der Waals surface area contributed by atoms with Gasteiger partial charge in [0.05, 0.1) is 10.7 Å². The first-order valence-corrected chi connectivity index (χ1v) is 9.87. The zero-order chi connectivity index (χ0) is 18.3. The number of hydrogen-bond acceptors (Lipinski definition) is 3. The highest BCUT2D eigenvalue weighted by atomic mass is 35.5. The van der Waals surface area contributed by atoms with Crippen LogP contribution in [0.15, 0.2) is 18.2 Å². The Hall–Kier alpha value is -1.27. The van der Waals surface area contributed by atoms with Crippen molar-refractivity contribution in [2.75, 3.05) is 20.1 Å². The minimum atomic E-state index is 0. The van der Waals surface area contributed by atoms with Crippen LogP contribution in [0.4, 0.5) is 0 Å². The number of fused-ring (bicyclic) bond motifs is 1. The van der Waals surface area contributed by atoms with Crippen LogP contribution in [0.1, 0.15) is 41.0 Å². The maximum Gasteiger partial charge on any atom is 0.274 e. The molecule has 27 heavy (non-hydrogen) atoms. The molecule has 1 amide bonds. The highest BCUT2D eigenvalue weighted by Crippen LogP contribution is 2.33. The molecule has 1 unspecified atom stereocenters. The Morgan fingerprint density at radius 2 is 2.11 bits per heavy atom. The highest BCUT2D eigenvalue weighted by molar-refractivity contribution is 6.35. The molecule has 1 saturated heterocycles. The fourth-order valence-corrected chi connectivity index (χ4v) is 4.64. The number of carbonyl (C=O) groups is 1. The fraction of sp³-hybridized carbons (Fsp3) is 0.474. The van der Waals surface area contributed by atoms with Gasteiger partial charge in [0.2, 0.25) is 0 Å². The van der Waals surface area contributed by atoms with Crippen molar-refractivity contribution in [2.24, 2.45) is 0 Å². The van der Waals surface area contributed by atoms with Crippen molar-refractivity contribution in [3.63, 3.8) is 0 Å². The minimum Gasteiger partial charge on any atom is -0.333 e. The Morgan fingerprint density at radius 3 is 2.85 bits per heavy atom. The third kappa shape index (κ3) is 3.70. The molecule has 0 radical (unpaired) electrons. The fourth-order valence-electron chi connectivity index (χ4n) is 4.15. The van der Waals surface area contributed by atoms with E-state index >= 15 is 0 Å². The van der Waals surface area contributed by atoms with Crippen molar-refractivity contribution in [1.82, 2.24) is 20.0 Å². The summed E-state index contributed by atoms with van der Waals surface area (Å²) >= 11 is 12.4. The minimum absolute atomic E-state index is 0. The molecule has 2 heterocycles. The van der Waals surface area contributed by atoms with Gasteiger partial charge in [-0.15, -0.1) is 12.4 Å². The third-order valence-electron chi connectivity index (χ3n) is 5.35. The number of aromatic nitrogens is 2. The van der Waals surface area contributed by atoms with Crippen molar-refractivity contribution >= 4 is 41.5 Å². The molecule has 1 aliphatic carbocycles. The summed E-state index contributed by atoms with van der Waals surface area (Å²) in [5.74, 6) is 0.0461. The zero-order valence-corrected chi connectivity index (χ0v) is 17.5.